The molecule has 0 aliphatic carbocycles. The van der Waals surface area contributed by atoms with E-state index in [1.54, 1.807) is 0 Å². The molecule has 10 rings (SSSR count). The molecule has 0 bridgehead atoms. The van der Waals surface area contributed by atoms with Crippen molar-refractivity contribution in [2.45, 2.75) is 0 Å². The molecule has 4 heterocycles. The van der Waals surface area contributed by atoms with E-state index < -0.39 is 0 Å². The Kier molecular flexibility index (Phi) is 6.64. The van der Waals surface area contributed by atoms with Crippen molar-refractivity contribution in [2.24, 2.45) is 0 Å². The second-order valence-electron chi connectivity index (χ2n) is 12.4. The Hall–Kier alpha value is -6.43. The zero-order valence-electron chi connectivity index (χ0n) is 26.7. The number of thiophene rings is 1. The van der Waals surface area contributed by atoms with Crippen molar-refractivity contribution in [3.63, 3.8) is 0 Å². The quantitative estimate of drug-likeness (QED) is 0.185. The molecule has 0 radical (unpaired) electrons. The minimum absolute atomic E-state index is 0.611. The number of nitrogens with zero attached hydrogens (tertiary/aromatic N) is 3. The first kappa shape index (κ1) is 28.6. The van der Waals surface area contributed by atoms with Crippen molar-refractivity contribution < 1.29 is 4.42 Å². The van der Waals surface area contributed by atoms with E-state index in [0.29, 0.717) is 5.82 Å². The van der Waals surface area contributed by atoms with Crippen LogP contribution in [0, 0.1) is 0 Å². The Morgan fingerprint density at radius 1 is 0.460 bits per heavy atom. The monoisotopic (exact) mass is 657 g/mol. The van der Waals surface area contributed by atoms with E-state index in [1.165, 1.54) is 25.7 Å². The number of hydrogen-bond donors (Lipinski definition) is 0. The Morgan fingerprint density at radius 3 is 2.00 bits per heavy atom. The lowest BCUT2D eigenvalue weighted by Crippen LogP contribution is -1.97. The van der Waals surface area contributed by atoms with Crippen LogP contribution in [0.4, 0.5) is 0 Å². The number of hydrogen-bond acceptors (Lipinski definition) is 5. The van der Waals surface area contributed by atoms with Gasteiger partial charge in [0, 0.05) is 59.4 Å². The summed E-state index contributed by atoms with van der Waals surface area (Å²) in [6.07, 6.45) is 1.82. The van der Waals surface area contributed by atoms with Crippen LogP contribution in [0.15, 0.2) is 168 Å². The highest BCUT2D eigenvalue weighted by Crippen LogP contribution is 2.46. The van der Waals surface area contributed by atoms with Gasteiger partial charge in [0.1, 0.15) is 11.2 Å². The molecule has 0 fully saturated rings. The molecule has 0 aliphatic heterocycles. The molecule has 10 aromatic rings. The molecular formula is C45H27N3OS. The van der Waals surface area contributed by atoms with Gasteiger partial charge >= 0.3 is 0 Å². The maximum Gasteiger partial charge on any atom is 0.164 e. The summed E-state index contributed by atoms with van der Waals surface area (Å²) in [6, 6.07) is 54.6. The Morgan fingerprint density at radius 2 is 1.14 bits per heavy atom. The summed E-state index contributed by atoms with van der Waals surface area (Å²) < 4.78 is 9.31. The molecule has 0 amide bonds. The van der Waals surface area contributed by atoms with Gasteiger partial charge in [0.15, 0.2) is 5.82 Å². The first-order valence-electron chi connectivity index (χ1n) is 16.6. The average molecular weight is 658 g/mol. The molecule has 234 valence electrons. The maximum absolute atomic E-state index is 6.75. The summed E-state index contributed by atoms with van der Waals surface area (Å²) in [4.78, 5) is 15.0. The van der Waals surface area contributed by atoms with Gasteiger partial charge in [-0.15, -0.1) is 11.3 Å². The normalized spacial score (nSPS) is 11.6. The van der Waals surface area contributed by atoms with Gasteiger partial charge in [-0.1, -0.05) is 115 Å². The minimum atomic E-state index is 0.611. The fourth-order valence-electron chi connectivity index (χ4n) is 7.03. The van der Waals surface area contributed by atoms with Gasteiger partial charge in [0.2, 0.25) is 0 Å². The zero-order valence-corrected chi connectivity index (χ0v) is 27.6. The first-order chi connectivity index (χ1) is 24.8. The van der Waals surface area contributed by atoms with E-state index in [2.05, 4.69) is 114 Å². The van der Waals surface area contributed by atoms with Gasteiger partial charge in [-0.05, 0) is 48.0 Å². The zero-order chi connectivity index (χ0) is 33.0. The average Bonchev–Trinajstić information content (AvgIpc) is 3.77. The van der Waals surface area contributed by atoms with E-state index >= 15 is 0 Å². The molecular weight excluding hydrogens is 631 g/mol. The van der Waals surface area contributed by atoms with Gasteiger partial charge in [-0.2, -0.15) is 0 Å². The second-order valence-corrected chi connectivity index (χ2v) is 13.4. The van der Waals surface area contributed by atoms with E-state index in [9.17, 15) is 0 Å². The Balaban J connectivity index is 1.22. The van der Waals surface area contributed by atoms with E-state index in [4.69, 9.17) is 14.4 Å². The molecule has 0 spiro atoms. The molecule has 4 aromatic heterocycles. The summed E-state index contributed by atoms with van der Waals surface area (Å²) in [7, 11) is 0. The van der Waals surface area contributed by atoms with Crippen LogP contribution in [0.1, 0.15) is 0 Å². The van der Waals surface area contributed by atoms with Crippen LogP contribution < -0.4 is 0 Å². The number of rotatable bonds is 5. The third kappa shape index (κ3) is 4.71. The second kappa shape index (κ2) is 11.6. The Labute approximate surface area is 292 Å². The highest BCUT2D eigenvalue weighted by atomic mass is 32.1. The van der Waals surface area contributed by atoms with Crippen LogP contribution in [0.25, 0.3) is 98.4 Å². The van der Waals surface area contributed by atoms with Gasteiger partial charge in [0.25, 0.3) is 0 Å². The molecule has 0 unspecified atom stereocenters. The van der Waals surface area contributed by atoms with Crippen LogP contribution in [-0.2, 0) is 0 Å². The highest BCUT2D eigenvalue weighted by molar-refractivity contribution is 7.26. The van der Waals surface area contributed by atoms with Crippen LogP contribution >= 0.6 is 11.3 Å². The van der Waals surface area contributed by atoms with Crippen molar-refractivity contribution in [1.82, 2.24) is 15.0 Å². The van der Waals surface area contributed by atoms with Gasteiger partial charge < -0.3 is 4.42 Å². The number of pyridine rings is 1. The van der Waals surface area contributed by atoms with Crippen molar-refractivity contribution in [1.29, 1.82) is 0 Å². The van der Waals surface area contributed by atoms with Crippen molar-refractivity contribution in [3.8, 4) is 56.3 Å². The molecule has 5 heteroatoms. The number of furan rings is 1. The third-order valence-corrected chi connectivity index (χ3v) is 10.6. The van der Waals surface area contributed by atoms with Gasteiger partial charge in [0.05, 0.1) is 22.6 Å². The molecule has 0 saturated heterocycles. The highest BCUT2D eigenvalue weighted by Gasteiger charge is 2.22. The number of para-hydroxylation sites is 1. The van der Waals surface area contributed by atoms with Crippen LogP contribution in [0.2, 0.25) is 0 Å². The minimum Gasteiger partial charge on any atom is -0.455 e. The summed E-state index contributed by atoms with van der Waals surface area (Å²) in [5.41, 5.74) is 10.4. The topological polar surface area (TPSA) is 51.8 Å². The van der Waals surface area contributed by atoms with Crippen LogP contribution in [0.5, 0.6) is 0 Å². The standard InChI is InChI=1S/C45H27N3OS/c1-2-12-28(13-3-1)38-27-39(30-15-10-14-29(26-30)37-20-8-9-25-46-37)48-45(47-38)36-24-23-32(42-35-17-4-6-21-40(35)49-43(36)42)34-19-11-18-33-31-16-5-7-22-41(31)50-44(33)34/h1-27H. The van der Waals surface area contributed by atoms with Crippen molar-refractivity contribution >= 4 is 53.4 Å². The van der Waals surface area contributed by atoms with Gasteiger partial charge in [-0.3, -0.25) is 4.98 Å². The first-order valence-corrected chi connectivity index (χ1v) is 17.4. The molecule has 50 heavy (non-hydrogen) atoms. The fourth-order valence-corrected chi connectivity index (χ4v) is 8.26. The lowest BCUT2D eigenvalue weighted by molar-refractivity contribution is 0.669. The largest absolute Gasteiger partial charge is 0.455 e. The lowest BCUT2D eigenvalue weighted by Gasteiger charge is -2.12. The lowest BCUT2D eigenvalue weighted by atomic mass is 9.95. The smallest absolute Gasteiger partial charge is 0.164 e. The molecule has 0 saturated carbocycles. The molecule has 0 atom stereocenters. The van der Waals surface area contributed by atoms with E-state index in [0.717, 1.165) is 66.8 Å². The van der Waals surface area contributed by atoms with E-state index in [1.807, 2.05) is 66.1 Å². The number of fused-ring (bicyclic) bond motifs is 6. The fraction of sp³-hybridized carbons (Fsp3) is 0. The van der Waals surface area contributed by atoms with E-state index in [-0.39, 0.29) is 0 Å². The summed E-state index contributed by atoms with van der Waals surface area (Å²) >= 11 is 1.84. The van der Waals surface area contributed by atoms with Crippen molar-refractivity contribution in [2.75, 3.05) is 0 Å². The predicted octanol–water partition coefficient (Wildman–Crippen LogP) is 12.5. The molecule has 0 aliphatic rings. The number of aromatic nitrogens is 3. The summed E-state index contributed by atoms with van der Waals surface area (Å²) in [6.45, 7) is 0. The molecule has 0 N–H and O–H groups in total. The predicted molar refractivity (Wildman–Crippen MR) is 207 cm³/mol. The van der Waals surface area contributed by atoms with Gasteiger partial charge in [-0.25, -0.2) is 9.97 Å². The van der Waals surface area contributed by atoms with Crippen LogP contribution in [0.3, 0.4) is 0 Å². The summed E-state index contributed by atoms with van der Waals surface area (Å²) in [5, 5.41) is 4.69. The van der Waals surface area contributed by atoms with Crippen LogP contribution in [-0.4, -0.2) is 15.0 Å². The molecule has 4 nitrogen and oxygen atoms in total. The number of benzene rings is 6. The van der Waals surface area contributed by atoms with Crippen molar-refractivity contribution in [3.05, 3.63) is 164 Å². The summed E-state index contributed by atoms with van der Waals surface area (Å²) in [5.74, 6) is 0.611. The maximum atomic E-state index is 6.75. The SMILES string of the molecule is c1ccc(-c2cc(-c3cccc(-c4ccccn4)c3)nc(-c3ccc(-c4cccc5c4sc4ccccc45)c4c3oc3ccccc34)n2)cc1. The third-order valence-electron chi connectivity index (χ3n) is 9.38. The Bertz CT molecular complexity index is 2870. The molecule has 6 aromatic carbocycles.